The summed E-state index contributed by atoms with van der Waals surface area (Å²) in [5, 5.41) is 5.54. The number of halogens is 3. The maximum atomic E-state index is 12.9. The molecular weight excluding hydrogens is 465 g/mol. The molecule has 0 aliphatic rings. The number of carbonyl (C=O) groups excluding carboxylic acids is 1. The lowest BCUT2D eigenvalue weighted by Crippen LogP contribution is -2.20. The molecule has 0 bridgehead atoms. The molecule has 0 spiro atoms. The molecular formula is C23H15F3N6O3. The monoisotopic (exact) mass is 480 g/mol. The second-order valence-corrected chi connectivity index (χ2v) is 7.38. The van der Waals surface area contributed by atoms with E-state index < -0.39 is 23.5 Å². The van der Waals surface area contributed by atoms with Gasteiger partial charge in [0.2, 0.25) is 0 Å². The number of aromatic nitrogens is 4. The summed E-state index contributed by atoms with van der Waals surface area (Å²) in [6, 6.07) is 11.7. The average Bonchev–Trinajstić information content (AvgIpc) is 3.21. The maximum Gasteiger partial charge on any atom is 0.416 e. The van der Waals surface area contributed by atoms with Crippen LogP contribution in [0.25, 0.3) is 22.1 Å². The number of H-pyrrole nitrogens is 2. The highest BCUT2D eigenvalue weighted by Gasteiger charge is 2.30. The number of nitrogens with zero attached hydrogens (tertiary/aromatic N) is 2. The van der Waals surface area contributed by atoms with Gasteiger partial charge in [-0.1, -0.05) is 6.07 Å². The van der Waals surface area contributed by atoms with Crippen molar-refractivity contribution in [3.8, 4) is 11.5 Å². The van der Waals surface area contributed by atoms with Crippen LogP contribution in [0.15, 0.2) is 71.8 Å². The van der Waals surface area contributed by atoms with E-state index in [1.165, 1.54) is 24.5 Å². The Kier molecular flexibility index (Phi) is 5.32. The van der Waals surface area contributed by atoms with E-state index in [9.17, 15) is 22.8 Å². The summed E-state index contributed by atoms with van der Waals surface area (Å²) in [4.78, 5) is 37.7. The topological polar surface area (TPSA) is 125 Å². The molecule has 2 amide bonds. The van der Waals surface area contributed by atoms with E-state index in [2.05, 4.69) is 30.6 Å². The molecule has 9 nitrogen and oxygen atoms in total. The average molecular weight is 480 g/mol. The summed E-state index contributed by atoms with van der Waals surface area (Å²) in [6.45, 7) is 0. The number of hydrogen-bond acceptors (Lipinski definition) is 5. The standard InChI is InChI=1S/C23H15F3N6O3/c24-23(25,26)12-3-1-4-13(11-12)29-21(33)30-15-6-7-16(14-5-2-9-27-18(14)15)35-17-8-10-28-20-19(17)31-22(34)32-20/h1-11H,(H2,29,30,33)(H2,28,31,32,34). The minimum atomic E-state index is -4.53. The minimum Gasteiger partial charge on any atom is -0.454 e. The Morgan fingerprint density at radius 2 is 1.77 bits per heavy atom. The van der Waals surface area contributed by atoms with Crippen LogP contribution in [-0.4, -0.2) is 26.0 Å². The zero-order chi connectivity index (χ0) is 24.6. The summed E-state index contributed by atoms with van der Waals surface area (Å²) < 4.78 is 44.8. The molecule has 0 aliphatic carbocycles. The molecule has 3 heterocycles. The summed E-state index contributed by atoms with van der Waals surface area (Å²) in [6.07, 6.45) is -1.52. The summed E-state index contributed by atoms with van der Waals surface area (Å²) in [5.74, 6) is 0.744. The first kappa shape index (κ1) is 21.9. The summed E-state index contributed by atoms with van der Waals surface area (Å²) in [5.41, 5.74) is 0.0946. The number of ether oxygens (including phenoxy) is 1. The number of carbonyl (C=O) groups is 1. The number of alkyl halides is 3. The van der Waals surface area contributed by atoms with E-state index in [1.54, 1.807) is 30.3 Å². The lowest BCUT2D eigenvalue weighted by molar-refractivity contribution is -0.137. The van der Waals surface area contributed by atoms with Crippen LogP contribution in [0.2, 0.25) is 0 Å². The van der Waals surface area contributed by atoms with Gasteiger partial charge in [0, 0.05) is 29.5 Å². The third-order valence-corrected chi connectivity index (χ3v) is 5.03. The van der Waals surface area contributed by atoms with Crippen molar-refractivity contribution in [3.05, 3.63) is 83.0 Å². The zero-order valence-electron chi connectivity index (χ0n) is 17.6. The molecule has 35 heavy (non-hydrogen) atoms. The molecule has 12 heteroatoms. The van der Waals surface area contributed by atoms with Gasteiger partial charge in [-0.25, -0.2) is 14.6 Å². The lowest BCUT2D eigenvalue weighted by Gasteiger charge is -2.14. The van der Waals surface area contributed by atoms with E-state index in [-0.39, 0.29) is 5.69 Å². The smallest absolute Gasteiger partial charge is 0.416 e. The van der Waals surface area contributed by atoms with Crippen LogP contribution in [0.1, 0.15) is 5.56 Å². The highest BCUT2D eigenvalue weighted by molar-refractivity contribution is 6.06. The highest BCUT2D eigenvalue weighted by atomic mass is 19.4. The molecule has 0 saturated heterocycles. The SMILES string of the molecule is O=C(Nc1cccc(C(F)(F)F)c1)Nc1ccc(Oc2ccnc3[nH]c(=O)[nH]c23)c2cccnc12. The molecule has 0 atom stereocenters. The Morgan fingerprint density at radius 1 is 0.914 bits per heavy atom. The Hall–Kier alpha value is -4.87. The zero-order valence-corrected chi connectivity index (χ0v) is 17.6. The molecule has 0 saturated carbocycles. The molecule has 5 aromatic rings. The summed E-state index contributed by atoms with van der Waals surface area (Å²) in [7, 11) is 0. The normalized spacial score (nSPS) is 11.5. The quantitative estimate of drug-likeness (QED) is 0.280. The minimum absolute atomic E-state index is 0.0169. The number of benzene rings is 2. The van der Waals surface area contributed by atoms with Gasteiger partial charge in [0.15, 0.2) is 11.4 Å². The number of amides is 2. The summed E-state index contributed by atoms with van der Waals surface area (Å²) >= 11 is 0. The van der Waals surface area contributed by atoms with Gasteiger partial charge in [-0.3, -0.25) is 9.97 Å². The van der Waals surface area contributed by atoms with Crippen molar-refractivity contribution in [3.63, 3.8) is 0 Å². The molecule has 4 N–H and O–H groups in total. The Labute approximate surface area is 194 Å². The van der Waals surface area contributed by atoms with Crippen LogP contribution in [0.4, 0.5) is 29.3 Å². The Bertz CT molecular complexity index is 1630. The van der Waals surface area contributed by atoms with Crippen molar-refractivity contribution < 1.29 is 22.7 Å². The fourth-order valence-corrected chi connectivity index (χ4v) is 3.51. The molecule has 0 unspecified atom stereocenters. The second-order valence-electron chi connectivity index (χ2n) is 7.38. The molecule has 2 aromatic carbocycles. The van der Waals surface area contributed by atoms with Crippen molar-refractivity contribution in [2.24, 2.45) is 0 Å². The molecule has 0 aliphatic heterocycles. The van der Waals surface area contributed by atoms with Crippen LogP contribution in [0.5, 0.6) is 11.5 Å². The first-order valence-corrected chi connectivity index (χ1v) is 10.2. The third kappa shape index (κ3) is 4.49. The predicted octanol–water partition coefficient (Wildman–Crippen LogP) is 5.25. The number of aromatic amines is 2. The second kappa shape index (κ2) is 8.48. The van der Waals surface area contributed by atoms with E-state index >= 15 is 0 Å². The first-order valence-electron chi connectivity index (χ1n) is 10.2. The van der Waals surface area contributed by atoms with Crippen molar-refractivity contribution in [2.75, 3.05) is 10.6 Å². The first-order chi connectivity index (χ1) is 16.8. The van der Waals surface area contributed by atoms with Crippen molar-refractivity contribution in [1.82, 2.24) is 19.9 Å². The number of hydrogen-bond donors (Lipinski definition) is 4. The number of imidazole rings is 1. The molecule has 176 valence electrons. The van der Waals surface area contributed by atoms with Gasteiger partial charge in [-0.15, -0.1) is 0 Å². The van der Waals surface area contributed by atoms with Gasteiger partial charge in [0.25, 0.3) is 0 Å². The fourth-order valence-electron chi connectivity index (χ4n) is 3.51. The highest BCUT2D eigenvalue weighted by Crippen LogP contribution is 2.35. The number of fused-ring (bicyclic) bond motifs is 2. The van der Waals surface area contributed by atoms with Gasteiger partial charge in [0.05, 0.1) is 16.8 Å². The van der Waals surface area contributed by atoms with Gasteiger partial charge in [-0.2, -0.15) is 13.2 Å². The largest absolute Gasteiger partial charge is 0.454 e. The molecule has 5 rings (SSSR count). The number of pyridine rings is 2. The van der Waals surface area contributed by atoms with E-state index in [0.29, 0.717) is 39.3 Å². The molecule has 0 radical (unpaired) electrons. The third-order valence-electron chi connectivity index (χ3n) is 5.03. The maximum absolute atomic E-state index is 12.9. The Balaban J connectivity index is 1.42. The van der Waals surface area contributed by atoms with E-state index in [4.69, 9.17) is 4.74 Å². The number of anilines is 2. The fraction of sp³-hybridized carbons (Fsp3) is 0.0435. The van der Waals surface area contributed by atoms with Gasteiger partial charge >= 0.3 is 17.9 Å². The lowest BCUT2D eigenvalue weighted by atomic mass is 10.1. The Morgan fingerprint density at radius 3 is 2.60 bits per heavy atom. The van der Waals surface area contributed by atoms with Gasteiger partial charge in [-0.05, 0) is 42.5 Å². The van der Waals surface area contributed by atoms with Crippen LogP contribution in [0.3, 0.4) is 0 Å². The van der Waals surface area contributed by atoms with Crippen molar-refractivity contribution in [1.29, 1.82) is 0 Å². The van der Waals surface area contributed by atoms with Crippen LogP contribution in [0, 0.1) is 0 Å². The molecule has 0 fully saturated rings. The molecule has 3 aromatic heterocycles. The number of nitrogens with one attached hydrogen (secondary N) is 4. The van der Waals surface area contributed by atoms with Crippen LogP contribution in [-0.2, 0) is 6.18 Å². The predicted molar refractivity (Wildman–Crippen MR) is 123 cm³/mol. The van der Waals surface area contributed by atoms with E-state index in [0.717, 1.165) is 12.1 Å². The number of urea groups is 1. The van der Waals surface area contributed by atoms with Gasteiger partial charge in [0.1, 0.15) is 11.3 Å². The van der Waals surface area contributed by atoms with Crippen molar-refractivity contribution >= 4 is 39.5 Å². The number of rotatable bonds is 4. The van der Waals surface area contributed by atoms with Crippen molar-refractivity contribution in [2.45, 2.75) is 6.18 Å². The van der Waals surface area contributed by atoms with Crippen LogP contribution < -0.4 is 21.1 Å². The van der Waals surface area contributed by atoms with Crippen LogP contribution >= 0.6 is 0 Å². The van der Waals surface area contributed by atoms with Gasteiger partial charge < -0.3 is 20.4 Å². The van der Waals surface area contributed by atoms with E-state index in [1.807, 2.05) is 0 Å².